The number of aryl methyl sites for hydroxylation is 1. The standard InChI is InChI=1S/C27H21F2N7O2S/c1-39(37,38)5-3-14-6-15(8-17(28)7-14)19-2-4-32-26-24(19)33-27(34-26)25-21-10-20(16-9-18(30)13-31-12-16)22(29)11-23(21)35-36-25/h2,4,6-13H,3,5,30H2,1H3,(H,35,36)(H,32,33,34). The van der Waals surface area contributed by atoms with Gasteiger partial charge in [-0.3, -0.25) is 10.1 Å². The third kappa shape index (κ3) is 4.81. The summed E-state index contributed by atoms with van der Waals surface area (Å²) in [6, 6.07) is 10.8. The van der Waals surface area contributed by atoms with E-state index in [1.54, 1.807) is 30.5 Å². The van der Waals surface area contributed by atoms with Crippen molar-refractivity contribution < 1.29 is 17.2 Å². The summed E-state index contributed by atoms with van der Waals surface area (Å²) in [5.41, 5.74) is 10.7. The molecule has 0 aliphatic rings. The van der Waals surface area contributed by atoms with Gasteiger partial charge in [0.2, 0.25) is 0 Å². The van der Waals surface area contributed by atoms with Crippen LogP contribution in [0.5, 0.6) is 0 Å². The smallest absolute Gasteiger partial charge is 0.178 e. The first-order valence-corrected chi connectivity index (χ1v) is 13.9. The molecule has 0 atom stereocenters. The molecule has 39 heavy (non-hydrogen) atoms. The monoisotopic (exact) mass is 545 g/mol. The molecule has 6 aromatic rings. The molecule has 4 aromatic heterocycles. The van der Waals surface area contributed by atoms with Crippen molar-refractivity contribution in [3.63, 3.8) is 0 Å². The number of fused-ring (bicyclic) bond motifs is 2. The molecule has 0 aliphatic heterocycles. The maximum atomic E-state index is 14.9. The summed E-state index contributed by atoms with van der Waals surface area (Å²) in [6.45, 7) is 0. The Bertz CT molecular complexity index is 2000. The minimum atomic E-state index is -3.20. The number of nitrogen functional groups attached to an aromatic ring is 1. The molecule has 196 valence electrons. The summed E-state index contributed by atoms with van der Waals surface area (Å²) in [7, 11) is -3.20. The quantitative estimate of drug-likeness (QED) is 0.276. The Morgan fingerprint density at radius 1 is 1.00 bits per heavy atom. The second-order valence-electron chi connectivity index (χ2n) is 9.33. The first-order valence-electron chi connectivity index (χ1n) is 11.9. The average molecular weight is 546 g/mol. The van der Waals surface area contributed by atoms with E-state index in [1.807, 2.05) is 0 Å². The zero-order valence-electron chi connectivity index (χ0n) is 20.5. The van der Waals surface area contributed by atoms with Crippen LogP contribution in [0.3, 0.4) is 0 Å². The van der Waals surface area contributed by atoms with Gasteiger partial charge in [-0.1, -0.05) is 6.07 Å². The molecule has 0 radical (unpaired) electrons. The molecule has 0 saturated heterocycles. The Hall–Kier alpha value is -4.71. The Balaban J connectivity index is 1.45. The van der Waals surface area contributed by atoms with Gasteiger partial charge in [0.05, 0.1) is 22.5 Å². The topological polar surface area (TPSA) is 143 Å². The lowest BCUT2D eigenvalue weighted by molar-refractivity contribution is 0.600. The molecule has 0 amide bonds. The highest BCUT2D eigenvalue weighted by molar-refractivity contribution is 7.90. The van der Waals surface area contributed by atoms with Gasteiger partial charge in [0, 0.05) is 53.0 Å². The van der Waals surface area contributed by atoms with Gasteiger partial charge in [0.15, 0.2) is 11.5 Å². The van der Waals surface area contributed by atoms with E-state index in [-0.39, 0.29) is 12.2 Å². The van der Waals surface area contributed by atoms with Gasteiger partial charge >= 0.3 is 0 Å². The van der Waals surface area contributed by atoms with E-state index in [0.717, 1.165) is 6.26 Å². The van der Waals surface area contributed by atoms with Crippen molar-refractivity contribution in [2.24, 2.45) is 0 Å². The Morgan fingerprint density at radius 2 is 1.85 bits per heavy atom. The van der Waals surface area contributed by atoms with Gasteiger partial charge < -0.3 is 10.7 Å². The van der Waals surface area contributed by atoms with Crippen molar-refractivity contribution in [3.8, 4) is 33.8 Å². The summed E-state index contributed by atoms with van der Waals surface area (Å²) < 4.78 is 52.7. The predicted molar refractivity (Wildman–Crippen MR) is 145 cm³/mol. The van der Waals surface area contributed by atoms with Gasteiger partial charge in [-0.2, -0.15) is 5.10 Å². The van der Waals surface area contributed by atoms with Crippen LogP contribution in [0.15, 0.2) is 61.1 Å². The fourth-order valence-electron chi connectivity index (χ4n) is 4.56. The van der Waals surface area contributed by atoms with Crippen molar-refractivity contribution in [2.75, 3.05) is 17.7 Å². The molecule has 9 nitrogen and oxygen atoms in total. The number of halogens is 2. The minimum absolute atomic E-state index is 0.0870. The number of anilines is 1. The fraction of sp³-hybridized carbons (Fsp3) is 0.111. The molecular formula is C27H21F2N7O2S. The number of nitrogens with one attached hydrogen (secondary N) is 2. The highest BCUT2D eigenvalue weighted by Gasteiger charge is 2.19. The summed E-state index contributed by atoms with van der Waals surface area (Å²) >= 11 is 0. The zero-order valence-corrected chi connectivity index (χ0v) is 21.4. The molecule has 0 bridgehead atoms. The molecule has 6 rings (SSSR count). The van der Waals surface area contributed by atoms with Gasteiger partial charge in [-0.05, 0) is 47.9 Å². The van der Waals surface area contributed by atoms with Gasteiger partial charge in [0.1, 0.15) is 27.2 Å². The number of hydrogen-bond acceptors (Lipinski definition) is 7. The highest BCUT2D eigenvalue weighted by atomic mass is 32.2. The van der Waals surface area contributed by atoms with Gasteiger partial charge in [-0.15, -0.1) is 0 Å². The fourth-order valence-corrected chi connectivity index (χ4v) is 5.17. The molecule has 0 aliphatic carbocycles. The zero-order chi connectivity index (χ0) is 27.3. The van der Waals surface area contributed by atoms with Crippen LogP contribution in [0.1, 0.15) is 5.56 Å². The molecule has 4 heterocycles. The van der Waals surface area contributed by atoms with Crippen molar-refractivity contribution in [1.29, 1.82) is 0 Å². The molecule has 0 fully saturated rings. The number of nitrogens with two attached hydrogens (primary N) is 1. The highest BCUT2D eigenvalue weighted by Crippen LogP contribution is 2.34. The van der Waals surface area contributed by atoms with Crippen LogP contribution in [0, 0.1) is 11.6 Å². The summed E-state index contributed by atoms with van der Waals surface area (Å²) in [5.74, 6) is -0.648. The van der Waals surface area contributed by atoms with Crippen LogP contribution < -0.4 is 5.73 Å². The van der Waals surface area contributed by atoms with Crippen LogP contribution in [0.25, 0.3) is 55.8 Å². The number of nitrogens with zero attached hydrogens (tertiary/aromatic N) is 4. The van der Waals surface area contributed by atoms with Crippen LogP contribution in [-0.2, 0) is 16.3 Å². The van der Waals surface area contributed by atoms with Gasteiger partial charge in [-0.25, -0.2) is 27.2 Å². The molecule has 12 heteroatoms. The van der Waals surface area contributed by atoms with Crippen molar-refractivity contribution in [2.45, 2.75) is 6.42 Å². The second-order valence-corrected chi connectivity index (χ2v) is 11.6. The largest absolute Gasteiger partial charge is 0.397 e. The number of aromatic nitrogens is 6. The average Bonchev–Trinajstić information content (AvgIpc) is 3.49. The lowest BCUT2D eigenvalue weighted by Crippen LogP contribution is -2.06. The second kappa shape index (κ2) is 9.24. The normalized spacial score (nSPS) is 12.0. The first kappa shape index (κ1) is 24.6. The van der Waals surface area contributed by atoms with E-state index < -0.39 is 21.5 Å². The van der Waals surface area contributed by atoms with Crippen LogP contribution in [-0.4, -0.2) is 50.6 Å². The molecule has 0 unspecified atom stereocenters. The number of sulfone groups is 1. The first-order chi connectivity index (χ1) is 18.6. The molecule has 2 aromatic carbocycles. The molecule has 0 saturated carbocycles. The molecule has 4 N–H and O–H groups in total. The number of benzene rings is 2. The number of pyridine rings is 2. The maximum Gasteiger partial charge on any atom is 0.178 e. The number of H-pyrrole nitrogens is 2. The summed E-state index contributed by atoms with van der Waals surface area (Å²) in [4.78, 5) is 16.2. The number of rotatable bonds is 6. The van der Waals surface area contributed by atoms with E-state index in [0.29, 0.717) is 67.1 Å². The third-order valence-corrected chi connectivity index (χ3v) is 7.31. The maximum absolute atomic E-state index is 14.9. The molecule has 0 spiro atoms. The van der Waals surface area contributed by atoms with Crippen molar-refractivity contribution >= 4 is 37.6 Å². The van der Waals surface area contributed by atoms with Crippen molar-refractivity contribution in [3.05, 3.63) is 78.3 Å². The predicted octanol–water partition coefficient (Wildman–Crippen LogP) is 4.68. The van der Waals surface area contributed by atoms with E-state index in [2.05, 4.69) is 30.1 Å². The molecular weight excluding hydrogens is 524 g/mol. The Kier molecular flexibility index (Phi) is 5.83. The SMILES string of the molecule is CS(=O)(=O)CCc1cc(F)cc(-c2ccnc3nc(-c4n[nH]c5cc(F)c(-c6cncc(N)c6)cc45)[nH]c23)c1. The summed E-state index contributed by atoms with van der Waals surface area (Å²) in [5, 5.41) is 7.82. The van der Waals surface area contributed by atoms with E-state index in [1.165, 1.54) is 30.6 Å². The Labute approximate surface area is 221 Å². The van der Waals surface area contributed by atoms with Crippen LogP contribution in [0.4, 0.5) is 14.5 Å². The number of hydrogen-bond donors (Lipinski definition) is 3. The van der Waals surface area contributed by atoms with Crippen molar-refractivity contribution in [1.82, 2.24) is 30.1 Å². The van der Waals surface area contributed by atoms with E-state index >= 15 is 0 Å². The lowest BCUT2D eigenvalue weighted by Gasteiger charge is -2.07. The van der Waals surface area contributed by atoms with Crippen LogP contribution >= 0.6 is 0 Å². The third-order valence-electron chi connectivity index (χ3n) is 6.37. The van der Waals surface area contributed by atoms with Gasteiger partial charge in [0.25, 0.3) is 0 Å². The number of imidazole rings is 1. The summed E-state index contributed by atoms with van der Waals surface area (Å²) in [6.07, 6.45) is 5.91. The van der Waals surface area contributed by atoms with Crippen LogP contribution in [0.2, 0.25) is 0 Å². The minimum Gasteiger partial charge on any atom is -0.397 e. The van der Waals surface area contributed by atoms with E-state index in [9.17, 15) is 17.2 Å². The lowest BCUT2D eigenvalue weighted by atomic mass is 10.0. The number of aromatic amines is 2. The Morgan fingerprint density at radius 3 is 2.64 bits per heavy atom. The van der Waals surface area contributed by atoms with E-state index in [4.69, 9.17) is 5.73 Å².